The van der Waals surface area contributed by atoms with Crippen LogP contribution in [0.1, 0.15) is 30.9 Å². The number of halogens is 1. The molecular formula is C34H43FN8O4S. The number of sulfone groups is 1. The van der Waals surface area contributed by atoms with E-state index in [4.69, 9.17) is 14.7 Å². The molecule has 0 aliphatic carbocycles. The van der Waals surface area contributed by atoms with Crippen molar-refractivity contribution in [3.63, 3.8) is 0 Å². The number of rotatable bonds is 9. The van der Waals surface area contributed by atoms with Gasteiger partial charge in [-0.15, -0.1) is 0 Å². The van der Waals surface area contributed by atoms with Crippen LogP contribution in [0.2, 0.25) is 0 Å². The van der Waals surface area contributed by atoms with Gasteiger partial charge in [-0.05, 0) is 54.5 Å². The molecule has 14 heteroatoms. The minimum Gasteiger partial charge on any atom is -0.379 e. The Morgan fingerprint density at radius 3 is 2.60 bits per heavy atom. The van der Waals surface area contributed by atoms with E-state index in [0.717, 1.165) is 48.0 Å². The van der Waals surface area contributed by atoms with Crippen LogP contribution in [-0.4, -0.2) is 122 Å². The van der Waals surface area contributed by atoms with Gasteiger partial charge in [-0.1, -0.05) is 12.6 Å². The zero-order valence-electron chi connectivity index (χ0n) is 27.3. The van der Waals surface area contributed by atoms with Gasteiger partial charge in [0.05, 0.1) is 31.6 Å². The standard InChI is InChI=1S/C34H43FN8O4S/c1-3-33(44)43-11-4-5-29(43)24-6-7-28(42-19-23(20-42)22-48(2,45)46)26-18-37-32(17-25(24)26)38-31-8-10-36-34(39-31)41-12-9-30(27(35)21-41)40-13-15-47-16-14-40/h3,6-8,10,17-18,23,27,29-30H,1,4-5,9,11-16,19-22H2,2H3,(H,36,37,38,39)/t27-,29-,30+/m0/s1. The van der Waals surface area contributed by atoms with Crippen LogP contribution < -0.4 is 15.1 Å². The summed E-state index contributed by atoms with van der Waals surface area (Å²) in [6.07, 6.45) is 7.58. The molecule has 12 nitrogen and oxygen atoms in total. The number of ether oxygens (including phenoxy) is 1. The van der Waals surface area contributed by atoms with E-state index in [2.05, 4.69) is 38.8 Å². The second-order valence-corrected chi connectivity index (χ2v) is 15.6. The molecule has 0 unspecified atom stereocenters. The molecule has 0 spiro atoms. The molecule has 0 bridgehead atoms. The zero-order valence-corrected chi connectivity index (χ0v) is 28.1. The number of benzene rings is 1. The van der Waals surface area contributed by atoms with Crippen molar-refractivity contribution in [2.45, 2.75) is 37.5 Å². The molecule has 6 heterocycles. The van der Waals surface area contributed by atoms with E-state index in [1.165, 1.54) is 12.3 Å². The van der Waals surface area contributed by atoms with Crippen LogP contribution in [0.3, 0.4) is 0 Å². The van der Waals surface area contributed by atoms with E-state index in [0.29, 0.717) is 63.4 Å². The summed E-state index contributed by atoms with van der Waals surface area (Å²) < 4.78 is 44.6. The summed E-state index contributed by atoms with van der Waals surface area (Å²) >= 11 is 0. The van der Waals surface area contributed by atoms with Gasteiger partial charge in [-0.2, -0.15) is 4.98 Å². The lowest BCUT2D eigenvalue weighted by molar-refractivity contribution is -0.126. The summed E-state index contributed by atoms with van der Waals surface area (Å²) in [4.78, 5) is 34.9. The zero-order chi connectivity index (χ0) is 33.4. The third-order valence-electron chi connectivity index (χ3n) is 10.0. The monoisotopic (exact) mass is 678 g/mol. The van der Waals surface area contributed by atoms with Crippen molar-refractivity contribution in [2.75, 3.05) is 86.2 Å². The van der Waals surface area contributed by atoms with Crippen LogP contribution in [0.5, 0.6) is 0 Å². The van der Waals surface area contributed by atoms with Crippen LogP contribution in [0.4, 0.5) is 27.7 Å². The highest BCUT2D eigenvalue weighted by Gasteiger charge is 2.36. The van der Waals surface area contributed by atoms with E-state index in [1.807, 2.05) is 22.1 Å². The summed E-state index contributed by atoms with van der Waals surface area (Å²) in [5.74, 6) is 1.77. The molecule has 0 saturated carbocycles. The Bertz CT molecular complexity index is 1780. The Balaban J connectivity index is 1.14. The highest BCUT2D eigenvalue weighted by atomic mass is 32.2. The van der Waals surface area contributed by atoms with Gasteiger partial charge < -0.3 is 24.8 Å². The number of piperidine rings is 1. The van der Waals surface area contributed by atoms with Gasteiger partial charge in [-0.25, -0.2) is 22.8 Å². The number of carbonyl (C=O) groups excluding carboxylic acids is 1. The molecule has 4 aliphatic rings. The van der Waals surface area contributed by atoms with Crippen molar-refractivity contribution >= 4 is 49.8 Å². The average Bonchev–Trinajstić information content (AvgIpc) is 3.55. The number of alkyl halides is 1. The molecule has 7 rings (SSSR count). The van der Waals surface area contributed by atoms with Crippen molar-refractivity contribution < 1.29 is 22.3 Å². The molecular weight excluding hydrogens is 635 g/mol. The number of carbonyl (C=O) groups is 1. The van der Waals surface area contributed by atoms with Crippen molar-refractivity contribution in [1.29, 1.82) is 0 Å². The summed E-state index contributed by atoms with van der Waals surface area (Å²) in [5, 5.41) is 5.24. The van der Waals surface area contributed by atoms with Crippen LogP contribution >= 0.6 is 0 Å². The van der Waals surface area contributed by atoms with E-state index in [-0.39, 0.29) is 36.2 Å². The van der Waals surface area contributed by atoms with Crippen molar-refractivity contribution in [1.82, 2.24) is 24.8 Å². The number of pyridine rings is 1. The van der Waals surface area contributed by atoms with Crippen LogP contribution in [0.25, 0.3) is 10.8 Å². The first-order valence-corrected chi connectivity index (χ1v) is 18.8. The number of hydrogen-bond acceptors (Lipinski definition) is 11. The molecule has 2 aromatic heterocycles. The molecule has 1 N–H and O–H groups in total. The maximum Gasteiger partial charge on any atom is 0.246 e. The number of likely N-dealkylation sites (tertiary alicyclic amines) is 1. The maximum atomic E-state index is 15.4. The molecule has 48 heavy (non-hydrogen) atoms. The Labute approximate surface area is 280 Å². The Morgan fingerprint density at radius 1 is 1.04 bits per heavy atom. The quantitative estimate of drug-likeness (QED) is 0.335. The van der Waals surface area contributed by atoms with Crippen LogP contribution in [0, 0.1) is 5.92 Å². The van der Waals surface area contributed by atoms with Gasteiger partial charge in [-0.3, -0.25) is 9.69 Å². The topological polar surface area (TPSA) is 124 Å². The Kier molecular flexibility index (Phi) is 9.22. The predicted octanol–water partition coefficient (Wildman–Crippen LogP) is 3.35. The maximum absolute atomic E-state index is 15.4. The minimum atomic E-state index is -3.05. The fourth-order valence-electron chi connectivity index (χ4n) is 7.75. The lowest BCUT2D eigenvalue weighted by Gasteiger charge is -2.42. The lowest BCUT2D eigenvalue weighted by atomic mass is 9.94. The highest BCUT2D eigenvalue weighted by Crippen LogP contribution is 2.41. The molecule has 256 valence electrons. The Hall–Kier alpha value is -3.88. The van der Waals surface area contributed by atoms with Crippen molar-refractivity contribution in [3.05, 3.63) is 54.9 Å². The second kappa shape index (κ2) is 13.6. The molecule has 0 radical (unpaired) electrons. The molecule has 3 aromatic rings. The minimum absolute atomic E-state index is 0.0870. The third kappa shape index (κ3) is 6.83. The normalized spacial score (nSPS) is 24.1. The molecule has 4 saturated heterocycles. The van der Waals surface area contributed by atoms with E-state index in [1.54, 1.807) is 12.3 Å². The number of amides is 1. The van der Waals surface area contributed by atoms with E-state index < -0.39 is 16.0 Å². The van der Waals surface area contributed by atoms with Gasteiger partial charge in [0, 0.05) is 81.0 Å². The summed E-state index contributed by atoms with van der Waals surface area (Å²) in [5.41, 5.74) is 2.02. The third-order valence-corrected chi connectivity index (χ3v) is 11.1. The second-order valence-electron chi connectivity index (χ2n) is 13.4. The first kappa shape index (κ1) is 32.7. The summed E-state index contributed by atoms with van der Waals surface area (Å²) in [7, 11) is -3.05. The summed E-state index contributed by atoms with van der Waals surface area (Å²) in [6, 6.07) is 7.69. The summed E-state index contributed by atoms with van der Waals surface area (Å²) in [6.45, 7) is 9.38. The fourth-order valence-corrected chi connectivity index (χ4v) is 8.82. The van der Waals surface area contributed by atoms with Crippen LogP contribution in [-0.2, 0) is 19.4 Å². The first-order valence-electron chi connectivity index (χ1n) is 16.8. The molecule has 4 aliphatic heterocycles. The van der Waals surface area contributed by atoms with Gasteiger partial charge in [0.15, 0.2) is 0 Å². The number of nitrogens with zero attached hydrogens (tertiary/aromatic N) is 7. The molecule has 1 amide bonds. The van der Waals surface area contributed by atoms with Gasteiger partial charge >= 0.3 is 0 Å². The SMILES string of the molecule is C=CC(=O)N1CCC[C@H]1c1ccc(N2CC(CS(C)(=O)=O)C2)c2cnc(Nc3ccnc(N4CC[C@@H](N5CCOCC5)[C@@H](F)C4)n3)cc12. The highest BCUT2D eigenvalue weighted by molar-refractivity contribution is 7.90. The van der Waals surface area contributed by atoms with Gasteiger partial charge in [0.1, 0.15) is 27.6 Å². The lowest BCUT2D eigenvalue weighted by Crippen LogP contribution is -2.55. The largest absolute Gasteiger partial charge is 0.379 e. The van der Waals surface area contributed by atoms with Crippen LogP contribution in [0.15, 0.2) is 49.3 Å². The number of morpholine rings is 1. The first-order chi connectivity index (χ1) is 23.2. The molecule has 3 atom stereocenters. The van der Waals surface area contributed by atoms with Crippen molar-refractivity contribution in [3.8, 4) is 0 Å². The fraction of sp³-hybridized carbons (Fsp3) is 0.529. The Morgan fingerprint density at radius 2 is 1.85 bits per heavy atom. The van der Waals surface area contributed by atoms with Gasteiger partial charge in [0.25, 0.3) is 0 Å². The number of hydrogen-bond donors (Lipinski definition) is 1. The van der Waals surface area contributed by atoms with Gasteiger partial charge in [0.2, 0.25) is 11.9 Å². The molecule has 1 aromatic carbocycles. The van der Waals surface area contributed by atoms with E-state index >= 15 is 4.39 Å². The van der Waals surface area contributed by atoms with Crippen molar-refractivity contribution in [2.24, 2.45) is 5.92 Å². The predicted molar refractivity (Wildman–Crippen MR) is 184 cm³/mol. The number of aromatic nitrogens is 3. The number of anilines is 4. The number of nitrogens with one attached hydrogen (secondary N) is 1. The smallest absolute Gasteiger partial charge is 0.246 e. The van der Waals surface area contributed by atoms with E-state index in [9.17, 15) is 13.2 Å². The molecule has 4 fully saturated rings. The number of fused-ring (bicyclic) bond motifs is 1. The average molecular weight is 679 g/mol.